The Labute approximate surface area is 148 Å². The van der Waals surface area contributed by atoms with Gasteiger partial charge in [0.2, 0.25) is 0 Å². The Morgan fingerprint density at radius 2 is 1.73 bits per heavy atom. The molecule has 0 aromatic heterocycles. The Kier molecular flexibility index (Phi) is 3.08. The van der Waals surface area contributed by atoms with Gasteiger partial charge in [0, 0.05) is 23.5 Å². The van der Waals surface area contributed by atoms with Crippen molar-refractivity contribution in [3.05, 3.63) is 58.1 Å². The summed E-state index contributed by atoms with van der Waals surface area (Å²) in [5.41, 5.74) is 2.08. The number of ether oxygens (including phenoxy) is 1. The second kappa shape index (κ2) is 5.16. The Bertz CT molecular complexity index is 979. The molecule has 2 aliphatic carbocycles. The number of hydrogen-bond donors (Lipinski definition) is 3. The molecule has 6 heteroatoms. The summed E-state index contributed by atoms with van der Waals surface area (Å²) in [6, 6.07) is 8.05. The molecular weight excluding hydrogens is 336 g/mol. The van der Waals surface area contributed by atoms with Crippen LogP contribution in [0.3, 0.4) is 0 Å². The van der Waals surface area contributed by atoms with Crippen molar-refractivity contribution in [1.29, 1.82) is 0 Å². The summed E-state index contributed by atoms with van der Waals surface area (Å²) in [6.07, 6.45) is -1.58. The van der Waals surface area contributed by atoms with Crippen molar-refractivity contribution in [2.24, 2.45) is 0 Å². The molecule has 1 fully saturated rings. The molecule has 2 aromatic carbocycles. The number of rotatable bonds is 1. The summed E-state index contributed by atoms with van der Waals surface area (Å²) in [6.45, 7) is 0. The lowest BCUT2D eigenvalue weighted by atomic mass is 9.73. The highest BCUT2D eigenvalue weighted by Crippen LogP contribution is 2.50. The molecule has 0 unspecified atom stereocenters. The van der Waals surface area contributed by atoms with Gasteiger partial charge in [-0.2, -0.15) is 0 Å². The van der Waals surface area contributed by atoms with Gasteiger partial charge < -0.3 is 20.1 Å². The maximum absolute atomic E-state index is 12.8. The van der Waals surface area contributed by atoms with Gasteiger partial charge >= 0.3 is 0 Å². The third kappa shape index (κ3) is 1.94. The van der Waals surface area contributed by atoms with Crippen LogP contribution < -0.4 is 0 Å². The van der Waals surface area contributed by atoms with E-state index >= 15 is 0 Å². The Morgan fingerprint density at radius 3 is 2.54 bits per heavy atom. The SMILES string of the molecule is O=C1CC[C@H](c2ccc(O)c3c2C(=O)[C@@H]2O[C@@H]2[C@H]3O)c2cccc(O)c21. The van der Waals surface area contributed by atoms with Crippen LogP contribution >= 0.6 is 0 Å². The third-order valence-corrected chi connectivity index (χ3v) is 5.66. The summed E-state index contributed by atoms with van der Waals surface area (Å²) in [4.78, 5) is 25.1. The molecule has 1 heterocycles. The number of carbonyl (C=O) groups excluding carboxylic acids is 2. The number of benzene rings is 2. The number of Topliss-reactive ketones (excluding diaryl/α,β-unsaturated/α-hetero) is 2. The van der Waals surface area contributed by atoms with E-state index in [4.69, 9.17) is 4.74 Å². The van der Waals surface area contributed by atoms with Crippen molar-refractivity contribution in [3.63, 3.8) is 0 Å². The molecule has 0 bridgehead atoms. The van der Waals surface area contributed by atoms with E-state index in [1.54, 1.807) is 18.2 Å². The molecule has 0 radical (unpaired) electrons. The molecule has 0 saturated carbocycles. The normalized spacial score (nSPS) is 29.0. The van der Waals surface area contributed by atoms with Crippen molar-refractivity contribution in [1.82, 2.24) is 0 Å². The molecule has 1 saturated heterocycles. The van der Waals surface area contributed by atoms with Gasteiger partial charge in [-0.1, -0.05) is 18.2 Å². The smallest absolute Gasteiger partial charge is 0.195 e. The molecule has 3 N–H and O–H groups in total. The average Bonchev–Trinajstić information content (AvgIpc) is 3.42. The minimum atomic E-state index is -1.05. The summed E-state index contributed by atoms with van der Waals surface area (Å²) in [7, 11) is 0. The van der Waals surface area contributed by atoms with Crippen LogP contribution in [0.2, 0.25) is 0 Å². The summed E-state index contributed by atoms with van der Waals surface area (Å²) in [5, 5.41) is 30.8. The molecule has 26 heavy (non-hydrogen) atoms. The van der Waals surface area contributed by atoms with E-state index in [0.29, 0.717) is 17.5 Å². The number of carbonyl (C=O) groups is 2. The highest BCUT2D eigenvalue weighted by Gasteiger charge is 2.56. The van der Waals surface area contributed by atoms with E-state index in [9.17, 15) is 24.9 Å². The first-order valence-corrected chi connectivity index (χ1v) is 8.57. The average molecular weight is 352 g/mol. The summed E-state index contributed by atoms with van der Waals surface area (Å²) < 4.78 is 5.28. The van der Waals surface area contributed by atoms with Crippen LogP contribution in [0.25, 0.3) is 0 Å². The predicted octanol–water partition coefficient (Wildman–Crippen LogP) is 2.20. The van der Waals surface area contributed by atoms with Crippen molar-refractivity contribution in [2.75, 3.05) is 0 Å². The van der Waals surface area contributed by atoms with Gasteiger partial charge in [-0.3, -0.25) is 9.59 Å². The number of phenols is 2. The maximum Gasteiger partial charge on any atom is 0.195 e. The standard InChI is InChI=1S/C20H16O6/c21-11-3-1-2-9-8(4-6-12(22)14(9)11)10-5-7-13(23)16-15(10)17(24)19-20(26-19)18(16)25/h1-3,5,7-8,18-21,23,25H,4,6H2/t8-,18-,19-,20+/m0/s1. The summed E-state index contributed by atoms with van der Waals surface area (Å²) >= 11 is 0. The zero-order chi connectivity index (χ0) is 18.2. The fourth-order valence-corrected chi connectivity index (χ4v) is 4.40. The second-order valence-electron chi connectivity index (χ2n) is 7.05. The molecule has 3 aliphatic rings. The zero-order valence-electron chi connectivity index (χ0n) is 13.7. The van der Waals surface area contributed by atoms with Crippen molar-refractivity contribution >= 4 is 11.6 Å². The Hall–Kier alpha value is -2.70. The largest absolute Gasteiger partial charge is 0.508 e. The van der Waals surface area contributed by atoms with Gasteiger partial charge in [-0.25, -0.2) is 0 Å². The number of phenolic OH excluding ortho intramolecular Hbond substituents is 2. The van der Waals surface area contributed by atoms with E-state index < -0.39 is 18.3 Å². The lowest BCUT2D eigenvalue weighted by Gasteiger charge is -2.29. The van der Waals surface area contributed by atoms with Crippen LogP contribution in [-0.2, 0) is 4.74 Å². The Morgan fingerprint density at radius 1 is 0.962 bits per heavy atom. The predicted molar refractivity (Wildman–Crippen MR) is 89.6 cm³/mol. The van der Waals surface area contributed by atoms with E-state index in [1.165, 1.54) is 12.1 Å². The highest BCUT2D eigenvalue weighted by atomic mass is 16.6. The minimum Gasteiger partial charge on any atom is -0.508 e. The highest BCUT2D eigenvalue weighted by molar-refractivity contribution is 6.07. The number of ketones is 2. The van der Waals surface area contributed by atoms with Gasteiger partial charge in [0.25, 0.3) is 0 Å². The molecule has 132 valence electrons. The van der Waals surface area contributed by atoms with Crippen molar-refractivity contribution in [3.8, 4) is 11.5 Å². The van der Waals surface area contributed by atoms with Gasteiger partial charge in [-0.15, -0.1) is 0 Å². The van der Waals surface area contributed by atoms with Gasteiger partial charge in [-0.05, 0) is 29.7 Å². The fraction of sp³-hybridized carbons (Fsp3) is 0.300. The van der Waals surface area contributed by atoms with Crippen molar-refractivity contribution < 1.29 is 29.6 Å². The van der Waals surface area contributed by atoms with Gasteiger partial charge in [0.1, 0.15) is 29.8 Å². The maximum atomic E-state index is 12.8. The number of aliphatic hydroxyl groups excluding tert-OH is 1. The monoisotopic (exact) mass is 352 g/mol. The van der Waals surface area contributed by atoms with Gasteiger partial charge in [0.05, 0.1) is 5.56 Å². The first-order chi connectivity index (χ1) is 12.5. The molecule has 0 spiro atoms. The molecular formula is C20H16O6. The fourth-order valence-electron chi connectivity index (χ4n) is 4.40. The zero-order valence-corrected chi connectivity index (χ0v) is 13.7. The quantitative estimate of drug-likeness (QED) is 0.679. The van der Waals surface area contributed by atoms with Crippen LogP contribution in [0.1, 0.15) is 62.3 Å². The topological polar surface area (TPSA) is 107 Å². The third-order valence-electron chi connectivity index (χ3n) is 5.66. The summed E-state index contributed by atoms with van der Waals surface area (Å²) in [5.74, 6) is -0.863. The van der Waals surface area contributed by atoms with Crippen LogP contribution in [0.4, 0.5) is 0 Å². The minimum absolute atomic E-state index is 0.0678. The van der Waals surface area contributed by atoms with E-state index in [1.807, 2.05) is 0 Å². The second-order valence-corrected chi connectivity index (χ2v) is 7.05. The first kappa shape index (κ1) is 15.5. The molecule has 1 aliphatic heterocycles. The van der Waals surface area contributed by atoms with Crippen LogP contribution in [0.15, 0.2) is 30.3 Å². The molecule has 5 rings (SSSR count). The number of epoxide rings is 1. The number of aromatic hydroxyl groups is 2. The van der Waals surface area contributed by atoms with Gasteiger partial charge in [0.15, 0.2) is 11.6 Å². The number of hydrogen-bond acceptors (Lipinski definition) is 6. The van der Waals surface area contributed by atoms with Crippen LogP contribution in [0.5, 0.6) is 11.5 Å². The Balaban J connectivity index is 1.74. The molecule has 0 amide bonds. The first-order valence-electron chi connectivity index (χ1n) is 8.57. The number of aliphatic hydroxyl groups is 1. The van der Waals surface area contributed by atoms with Crippen molar-refractivity contribution in [2.45, 2.75) is 37.1 Å². The van der Waals surface area contributed by atoms with E-state index in [2.05, 4.69) is 0 Å². The number of fused-ring (bicyclic) bond motifs is 3. The van der Waals surface area contributed by atoms with Crippen LogP contribution in [-0.4, -0.2) is 39.1 Å². The van der Waals surface area contributed by atoms with Crippen LogP contribution in [0, 0.1) is 0 Å². The molecule has 4 atom stereocenters. The lowest BCUT2D eigenvalue weighted by Crippen LogP contribution is -2.28. The molecule has 2 aromatic rings. The van der Waals surface area contributed by atoms with E-state index in [-0.39, 0.29) is 52.1 Å². The lowest BCUT2D eigenvalue weighted by molar-refractivity contribution is 0.0937. The molecule has 6 nitrogen and oxygen atoms in total. The van der Waals surface area contributed by atoms with E-state index in [0.717, 1.165) is 0 Å².